The van der Waals surface area contributed by atoms with E-state index in [1.54, 1.807) is 12.1 Å². The van der Waals surface area contributed by atoms with Crippen molar-refractivity contribution >= 4 is 5.97 Å². The minimum Gasteiger partial charge on any atom is -0.493 e. The molecule has 3 rings (SSSR count). The Balaban J connectivity index is 1.51. The van der Waals surface area contributed by atoms with Gasteiger partial charge in [0, 0.05) is 19.6 Å². The van der Waals surface area contributed by atoms with Crippen molar-refractivity contribution in [3.8, 4) is 17.2 Å². The highest BCUT2D eigenvalue weighted by atomic mass is 16.5. The maximum Gasteiger partial charge on any atom is 0.338 e. The molecule has 0 spiro atoms. The SMILES string of the molecule is COc1cc(C(=O)OCCCN2CCc3ccccc3C2)cc(OC)c1OC. The molecule has 0 bridgehead atoms. The van der Waals surface area contributed by atoms with Crippen molar-refractivity contribution < 1.29 is 23.7 Å². The molecule has 0 aromatic heterocycles. The summed E-state index contributed by atoms with van der Waals surface area (Å²) in [6, 6.07) is 11.8. The molecular weight excluding hydrogens is 358 g/mol. The molecule has 0 fully saturated rings. The topological polar surface area (TPSA) is 57.2 Å². The number of benzene rings is 2. The summed E-state index contributed by atoms with van der Waals surface area (Å²) in [7, 11) is 4.56. The Labute approximate surface area is 166 Å². The molecule has 0 unspecified atom stereocenters. The molecule has 0 saturated heterocycles. The fourth-order valence-corrected chi connectivity index (χ4v) is 3.48. The van der Waals surface area contributed by atoms with E-state index in [-0.39, 0.29) is 0 Å². The maximum absolute atomic E-state index is 12.4. The van der Waals surface area contributed by atoms with Crippen LogP contribution in [-0.2, 0) is 17.7 Å². The van der Waals surface area contributed by atoms with Crippen LogP contribution >= 0.6 is 0 Å². The number of methoxy groups -OCH3 is 3. The van der Waals surface area contributed by atoms with Crippen molar-refractivity contribution in [1.29, 1.82) is 0 Å². The van der Waals surface area contributed by atoms with Crippen LogP contribution < -0.4 is 14.2 Å². The molecule has 2 aromatic rings. The van der Waals surface area contributed by atoms with Gasteiger partial charge in [0.05, 0.1) is 33.5 Å². The molecule has 0 atom stereocenters. The van der Waals surface area contributed by atoms with Crippen LogP contribution in [0.5, 0.6) is 17.2 Å². The Morgan fingerprint density at radius 3 is 2.32 bits per heavy atom. The average molecular weight is 385 g/mol. The van der Waals surface area contributed by atoms with E-state index in [0.29, 0.717) is 29.4 Å². The summed E-state index contributed by atoms with van der Waals surface area (Å²) in [6.07, 6.45) is 1.86. The van der Waals surface area contributed by atoms with E-state index in [0.717, 1.165) is 32.5 Å². The maximum atomic E-state index is 12.4. The molecule has 2 aromatic carbocycles. The number of carbonyl (C=O) groups is 1. The standard InChI is InChI=1S/C22H27NO5/c1-25-19-13-18(14-20(26-2)21(19)27-3)22(24)28-12-6-10-23-11-9-16-7-4-5-8-17(16)15-23/h4-5,7-8,13-14H,6,9-12,15H2,1-3H3. The smallest absolute Gasteiger partial charge is 0.338 e. The molecule has 6 heteroatoms. The van der Waals surface area contributed by atoms with Crippen LogP contribution in [0.25, 0.3) is 0 Å². The summed E-state index contributed by atoms with van der Waals surface area (Å²) >= 11 is 0. The lowest BCUT2D eigenvalue weighted by Gasteiger charge is -2.28. The van der Waals surface area contributed by atoms with Gasteiger partial charge in [-0.2, -0.15) is 0 Å². The first kappa shape index (κ1) is 20.0. The van der Waals surface area contributed by atoms with Crippen LogP contribution in [0.2, 0.25) is 0 Å². The van der Waals surface area contributed by atoms with Crippen LogP contribution in [0.1, 0.15) is 27.9 Å². The molecule has 1 aliphatic rings. The van der Waals surface area contributed by atoms with Gasteiger partial charge in [0.1, 0.15) is 0 Å². The van der Waals surface area contributed by atoms with E-state index < -0.39 is 5.97 Å². The first-order valence-corrected chi connectivity index (χ1v) is 9.42. The highest BCUT2D eigenvalue weighted by molar-refractivity contribution is 5.91. The normalized spacial score (nSPS) is 13.5. The van der Waals surface area contributed by atoms with Gasteiger partial charge in [-0.25, -0.2) is 4.79 Å². The molecule has 0 amide bonds. The van der Waals surface area contributed by atoms with Crippen molar-refractivity contribution in [2.75, 3.05) is 41.0 Å². The number of hydrogen-bond donors (Lipinski definition) is 0. The Morgan fingerprint density at radius 2 is 1.68 bits per heavy atom. The largest absolute Gasteiger partial charge is 0.493 e. The second-order valence-electron chi connectivity index (χ2n) is 6.70. The van der Waals surface area contributed by atoms with Crippen molar-refractivity contribution in [3.63, 3.8) is 0 Å². The number of esters is 1. The third kappa shape index (κ3) is 4.57. The number of rotatable bonds is 8. The van der Waals surface area contributed by atoms with Gasteiger partial charge in [-0.1, -0.05) is 24.3 Å². The summed E-state index contributed by atoms with van der Waals surface area (Å²) in [5, 5.41) is 0. The Kier molecular flexibility index (Phi) is 6.76. The van der Waals surface area contributed by atoms with E-state index in [4.69, 9.17) is 18.9 Å². The summed E-state index contributed by atoms with van der Waals surface area (Å²) < 4.78 is 21.3. The molecule has 6 nitrogen and oxygen atoms in total. The van der Waals surface area contributed by atoms with Gasteiger partial charge in [0.15, 0.2) is 11.5 Å². The summed E-state index contributed by atoms with van der Waals surface area (Å²) in [5.74, 6) is 0.914. The fraction of sp³-hybridized carbons (Fsp3) is 0.409. The summed E-state index contributed by atoms with van der Waals surface area (Å²) in [6.45, 7) is 3.26. The molecule has 1 aliphatic heterocycles. The Hall–Kier alpha value is -2.73. The minimum absolute atomic E-state index is 0.369. The van der Waals surface area contributed by atoms with Crippen molar-refractivity contribution in [2.24, 2.45) is 0 Å². The molecular formula is C22H27NO5. The van der Waals surface area contributed by atoms with Crippen molar-refractivity contribution in [1.82, 2.24) is 4.90 Å². The lowest BCUT2D eigenvalue weighted by molar-refractivity contribution is 0.0485. The van der Waals surface area contributed by atoms with Crippen LogP contribution in [0.4, 0.5) is 0 Å². The molecule has 0 radical (unpaired) electrons. The van der Waals surface area contributed by atoms with Gasteiger partial charge in [-0.15, -0.1) is 0 Å². The van der Waals surface area contributed by atoms with Gasteiger partial charge < -0.3 is 18.9 Å². The van der Waals surface area contributed by atoms with Crippen molar-refractivity contribution in [2.45, 2.75) is 19.4 Å². The van der Waals surface area contributed by atoms with Gasteiger partial charge in [-0.05, 0) is 36.1 Å². The second-order valence-corrected chi connectivity index (χ2v) is 6.70. The van der Waals surface area contributed by atoms with E-state index in [2.05, 4.69) is 29.2 Å². The predicted octanol–water partition coefficient (Wildman–Crippen LogP) is 3.32. The van der Waals surface area contributed by atoms with Crippen LogP contribution in [0.3, 0.4) is 0 Å². The number of nitrogens with zero attached hydrogens (tertiary/aromatic N) is 1. The zero-order valence-corrected chi connectivity index (χ0v) is 16.7. The third-order valence-electron chi connectivity index (χ3n) is 4.96. The number of fused-ring (bicyclic) bond motifs is 1. The van der Waals surface area contributed by atoms with E-state index in [1.807, 2.05) is 0 Å². The zero-order valence-electron chi connectivity index (χ0n) is 16.7. The summed E-state index contributed by atoms with van der Waals surface area (Å²) in [5.41, 5.74) is 3.21. The Morgan fingerprint density at radius 1 is 1.00 bits per heavy atom. The van der Waals surface area contributed by atoms with E-state index in [9.17, 15) is 4.79 Å². The van der Waals surface area contributed by atoms with Crippen LogP contribution in [0, 0.1) is 0 Å². The highest BCUT2D eigenvalue weighted by Gasteiger charge is 2.18. The lowest BCUT2D eigenvalue weighted by Crippen LogP contribution is -2.31. The number of carbonyl (C=O) groups excluding carboxylic acids is 1. The second kappa shape index (κ2) is 9.46. The zero-order chi connectivity index (χ0) is 19.9. The molecule has 0 saturated carbocycles. The molecule has 0 N–H and O–H groups in total. The molecule has 1 heterocycles. The predicted molar refractivity (Wildman–Crippen MR) is 106 cm³/mol. The van der Waals surface area contributed by atoms with Gasteiger partial charge in [0.25, 0.3) is 0 Å². The van der Waals surface area contributed by atoms with Crippen molar-refractivity contribution in [3.05, 3.63) is 53.1 Å². The van der Waals surface area contributed by atoms with Gasteiger partial charge in [-0.3, -0.25) is 4.90 Å². The number of ether oxygens (including phenoxy) is 4. The first-order chi connectivity index (χ1) is 13.7. The van der Waals surface area contributed by atoms with Gasteiger partial charge in [0.2, 0.25) is 5.75 Å². The van der Waals surface area contributed by atoms with Crippen LogP contribution in [0.15, 0.2) is 36.4 Å². The minimum atomic E-state index is -0.400. The summed E-state index contributed by atoms with van der Waals surface area (Å²) in [4.78, 5) is 14.8. The first-order valence-electron chi connectivity index (χ1n) is 9.42. The average Bonchev–Trinajstić information content (AvgIpc) is 2.75. The molecule has 0 aliphatic carbocycles. The monoisotopic (exact) mass is 385 g/mol. The Bertz CT molecular complexity index is 795. The van der Waals surface area contributed by atoms with Crippen LogP contribution in [-0.4, -0.2) is 51.9 Å². The number of hydrogen-bond acceptors (Lipinski definition) is 6. The lowest BCUT2D eigenvalue weighted by atomic mass is 10.00. The third-order valence-corrected chi connectivity index (χ3v) is 4.96. The fourth-order valence-electron chi connectivity index (χ4n) is 3.48. The van der Waals surface area contributed by atoms with Gasteiger partial charge >= 0.3 is 5.97 Å². The quantitative estimate of drug-likeness (QED) is 0.513. The van der Waals surface area contributed by atoms with E-state index >= 15 is 0 Å². The molecule has 28 heavy (non-hydrogen) atoms. The molecule has 150 valence electrons. The van der Waals surface area contributed by atoms with E-state index in [1.165, 1.54) is 32.5 Å². The highest BCUT2D eigenvalue weighted by Crippen LogP contribution is 2.38.